The number of nitrogens with zero attached hydrogens (tertiary/aromatic N) is 4. The van der Waals surface area contributed by atoms with E-state index in [9.17, 15) is 4.79 Å². The molecule has 2 aromatic rings. The fourth-order valence-corrected chi connectivity index (χ4v) is 4.64. The van der Waals surface area contributed by atoms with Crippen molar-refractivity contribution in [2.45, 2.75) is 83.5 Å². The van der Waals surface area contributed by atoms with Gasteiger partial charge in [-0.25, -0.2) is 9.50 Å². The van der Waals surface area contributed by atoms with Crippen molar-refractivity contribution in [1.29, 1.82) is 0 Å². The zero-order valence-corrected chi connectivity index (χ0v) is 16.6. The third-order valence-electron chi connectivity index (χ3n) is 6.27. The summed E-state index contributed by atoms with van der Waals surface area (Å²) in [5.74, 6) is 0.628. The molecule has 0 bridgehead atoms. The van der Waals surface area contributed by atoms with E-state index in [0.717, 1.165) is 43.7 Å². The Hall–Kier alpha value is -1.91. The van der Waals surface area contributed by atoms with E-state index in [4.69, 9.17) is 4.98 Å². The van der Waals surface area contributed by atoms with Crippen molar-refractivity contribution in [3.8, 4) is 0 Å². The smallest absolute Gasteiger partial charge is 0.274 e. The molecule has 0 N–H and O–H groups in total. The second kappa shape index (κ2) is 8.41. The lowest BCUT2D eigenvalue weighted by atomic mass is 9.95. The van der Waals surface area contributed by atoms with Crippen LogP contribution in [0.1, 0.15) is 98.9 Å². The Balaban J connectivity index is 1.65. The van der Waals surface area contributed by atoms with Crippen LogP contribution < -0.4 is 0 Å². The average molecular weight is 369 g/mol. The van der Waals surface area contributed by atoms with Crippen molar-refractivity contribution in [1.82, 2.24) is 19.5 Å². The maximum atomic E-state index is 13.0. The summed E-state index contributed by atoms with van der Waals surface area (Å²) in [5, 5.41) is 4.66. The van der Waals surface area contributed by atoms with Crippen LogP contribution in [-0.2, 0) is 6.42 Å². The van der Waals surface area contributed by atoms with Gasteiger partial charge in [0.25, 0.3) is 5.91 Å². The predicted molar refractivity (Wildman–Crippen MR) is 107 cm³/mol. The Bertz CT molecular complexity index is 781. The van der Waals surface area contributed by atoms with E-state index in [1.165, 1.54) is 57.1 Å². The van der Waals surface area contributed by atoms with Crippen LogP contribution in [0.4, 0.5) is 0 Å². The van der Waals surface area contributed by atoms with E-state index in [2.05, 4.69) is 18.1 Å². The van der Waals surface area contributed by atoms with Crippen LogP contribution in [-0.4, -0.2) is 38.5 Å². The van der Waals surface area contributed by atoms with Crippen LogP contribution in [0.5, 0.6) is 0 Å². The minimum atomic E-state index is 0.0699. The fourth-order valence-electron chi connectivity index (χ4n) is 4.64. The van der Waals surface area contributed by atoms with Crippen molar-refractivity contribution in [2.24, 2.45) is 0 Å². The molecule has 27 heavy (non-hydrogen) atoms. The fraction of sp³-hybridized carbons (Fsp3) is 0.682. The van der Waals surface area contributed by atoms with Gasteiger partial charge in [0.1, 0.15) is 0 Å². The summed E-state index contributed by atoms with van der Waals surface area (Å²) in [6, 6.07) is 4.14. The minimum absolute atomic E-state index is 0.0699. The Morgan fingerprint density at radius 1 is 1.00 bits per heavy atom. The molecule has 1 amide bonds. The van der Waals surface area contributed by atoms with Gasteiger partial charge in [0.15, 0.2) is 11.3 Å². The first-order valence-corrected chi connectivity index (χ1v) is 10.9. The highest BCUT2D eigenvalue weighted by atomic mass is 16.2. The lowest BCUT2D eigenvalue weighted by Gasteiger charge is -2.18. The van der Waals surface area contributed by atoms with Gasteiger partial charge in [-0.05, 0) is 38.2 Å². The summed E-state index contributed by atoms with van der Waals surface area (Å²) in [6.07, 6.45) is 13.3. The molecule has 4 rings (SSSR count). The highest BCUT2D eigenvalue weighted by Crippen LogP contribution is 2.31. The van der Waals surface area contributed by atoms with Crippen LogP contribution in [0, 0.1) is 0 Å². The van der Waals surface area contributed by atoms with Gasteiger partial charge in [-0.3, -0.25) is 4.79 Å². The molecule has 1 saturated heterocycles. The Kier molecular flexibility index (Phi) is 5.74. The lowest BCUT2D eigenvalue weighted by Crippen LogP contribution is -2.32. The summed E-state index contributed by atoms with van der Waals surface area (Å²) in [5.41, 5.74) is 3.76. The normalized spacial score (nSPS) is 19.8. The number of aromatic nitrogens is 3. The molecule has 1 aliphatic heterocycles. The topological polar surface area (TPSA) is 50.5 Å². The standard InChI is InChI=1S/C22H32N4O/c1-2-18-15-19(17-11-7-3-4-8-12-17)23-21-16-20(24-26(18)21)22(27)25-13-9-5-6-10-14-25/h15-17H,2-14H2,1H3. The lowest BCUT2D eigenvalue weighted by molar-refractivity contribution is 0.0755. The largest absolute Gasteiger partial charge is 0.337 e. The van der Waals surface area contributed by atoms with Crippen LogP contribution in [0.3, 0.4) is 0 Å². The van der Waals surface area contributed by atoms with E-state index in [0.29, 0.717) is 11.6 Å². The SMILES string of the molecule is CCc1cc(C2CCCCCC2)nc2cc(C(=O)N3CCCCCC3)nn12. The number of amides is 1. The molecule has 5 heteroatoms. The summed E-state index contributed by atoms with van der Waals surface area (Å²) in [6.45, 7) is 3.87. The first-order valence-electron chi connectivity index (χ1n) is 10.9. The highest BCUT2D eigenvalue weighted by molar-refractivity contribution is 5.93. The first-order chi connectivity index (χ1) is 13.3. The molecule has 0 atom stereocenters. The van der Waals surface area contributed by atoms with Crippen LogP contribution in [0.2, 0.25) is 0 Å². The summed E-state index contributed by atoms with van der Waals surface area (Å²) < 4.78 is 1.89. The van der Waals surface area contributed by atoms with Crippen molar-refractivity contribution in [3.63, 3.8) is 0 Å². The number of aryl methyl sites for hydroxylation is 1. The quantitative estimate of drug-likeness (QED) is 0.735. The molecule has 146 valence electrons. The number of fused-ring (bicyclic) bond motifs is 1. The van der Waals surface area contributed by atoms with Gasteiger partial charge in [0.2, 0.25) is 0 Å². The summed E-state index contributed by atoms with van der Waals surface area (Å²) in [7, 11) is 0. The second-order valence-corrected chi connectivity index (χ2v) is 8.22. The number of likely N-dealkylation sites (tertiary alicyclic amines) is 1. The van der Waals surface area contributed by atoms with Crippen molar-refractivity contribution in [3.05, 3.63) is 29.2 Å². The summed E-state index contributed by atoms with van der Waals surface area (Å²) >= 11 is 0. The van der Waals surface area contributed by atoms with E-state index in [1.54, 1.807) is 0 Å². The minimum Gasteiger partial charge on any atom is -0.337 e. The molecule has 0 spiro atoms. The van der Waals surface area contributed by atoms with Gasteiger partial charge < -0.3 is 4.90 Å². The molecule has 0 unspecified atom stereocenters. The van der Waals surface area contributed by atoms with Crippen molar-refractivity contribution >= 4 is 11.6 Å². The maximum absolute atomic E-state index is 13.0. The predicted octanol–water partition coefficient (Wildman–Crippen LogP) is 4.75. The van der Waals surface area contributed by atoms with E-state index < -0.39 is 0 Å². The molecular formula is C22H32N4O. The molecule has 5 nitrogen and oxygen atoms in total. The molecule has 2 aliphatic rings. The Morgan fingerprint density at radius 3 is 2.33 bits per heavy atom. The zero-order chi connectivity index (χ0) is 18.6. The summed E-state index contributed by atoms with van der Waals surface area (Å²) in [4.78, 5) is 19.9. The third-order valence-corrected chi connectivity index (χ3v) is 6.27. The number of rotatable bonds is 3. The molecule has 2 aromatic heterocycles. The van der Waals surface area contributed by atoms with Crippen LogP contribution in [0.25, 0.3) is 5.65 Å². The molecule has 0 aromatic carbocycles. The van der Waals surface area contributed by atoms with Gasteiger partial charge in [-0.1, -0.05) is 45.4 Å². The highest BCUT2D eigenvalue weighted by Gasteiger charge is 2.23. The number of hydrogen-bond donors (Lipinski definition) is 0. The van der Waals surface area contributed by atoms with Gasteiger partial charge in [0, 0.05) is 36.5 Å². The molecule has 1 saturated carbocycles. The van der Waals surface area contributed by atoms with E-state index in [1.807, 2.05) is 15.5 Å². The second-order valence-electron chi connectivity index (χ2n) is 8.22. The average Bonchev–Trinajstić information content (AvgIpc) is 2.89. The Labute approximate surface area is 162 Å². The van der Waals surface area contributed by atoms with Gasteiger partial charge in [0.05, 0.1) is 0 Å². The van der Waals surface area contributed by atoms with Gasteiger partial charge in [-0.15, -0.1) is 0 Å². The van der Waals surface area contributed by atoms with Crippen LogP contribution in [0.15, 0.2) is 12.1 Å². The monoisotopic (exact) mass is 368 g/mol. The van der Waals surface area contributed by atoms with Gasteiger partial charge in [-0.2, -0.15) is 5.10 Å². The molecule has 3 heterocycles. The molecular weight excluding hydrogens is 336 g/mol. The number of hydrogen-bond acceptors (Lipinski definition) is 3. The van der Waals surface area contributed by atoms with Gasteiger partial charge >= 0.3 is 0 Å². The molecule has 0 radical (unpaired) electrons. The molecule has 2 fully saturated rings. The third kappa shape index (κ3) is 4.02. The van der Waals surface area contributed by atoms with E-state index in [-0.39, 0.29) is 5.91 Å². The van der Waals surface area contributed by atoms with Crippen LogP contribution >= 0.6 is 0 Å². The number of carbonyl (C=O) groups is 1. The maximum Gasteiger partial charge on any atom is 0.274 e. The molecule has 1 aliphatic carbocycles. The van der Waals surface area contributed by atoms with E-state index >= 15 is 0 Å². The van der Waals surface area contributed by atoms with Crippen molar-refractivity contribution in [2.75, 3.05) is 13.1 Å². The van der Waals surface area contributed by atoms with Crippen molar-refractivity contribution < 1.29 is 4.79 Å². The first kappa shape index (κ1) is 18.5. The Morgan fingerprint density at radius 2 is 1.67 bits per heavy atom. The number of carbonyl (C=O) groups excluding carboxylic acids is 1. The zero-order valence-electron chi connectivity index (χ0n) is 16.6.